The molecule has 0 saturated carbocycles. The maximum absolute atomic E-state index is 13.7. The highest BCUT2D eigenvalue weighted by Crippen LogP contribution is 2.38. The molecule has 1 aliphatic rings. The number of fused-ring (bicyclic) bond motifs is 1. The maximum atomic E-state index is 13.7. The molecule has 0 fully saturated rings. The number of imidazole rings is 1. The van der Waals surface area contributed by atoms with E-state index in [4.69, 9.17) is 14.6 Å². The molecule has 4 rings (SSSR count). The van der Waals surface area contributed by atoms with Gasteiger partial charge in [-0.25, -0.2) is 4.98 Å². The second-order valence-electron chi connectivity index (χ2n) is 7.36. The van der Waals surface area contributed by atoms with Crippen LogP contribution in [0, 0.1) is 0 Å². The molecule has 1 aliphatic heterocycles. The highest BCUT2D eigenvalue weighted by atomic mass is 16.5. The number of aliphatic hydroxyl groups excluding tert-OH is 1. The van der Waals surface area contributed by atoms with Gasteiger partial charge in [0.15, 0.2) is 5.78 Å². The average Bonchev–Trinajstić information content (AvgIpc) is 3.39. The van der Waals surface area contributed by atoms with Crippen molar-refractivity contribution in [1.29, 1.82) is 0 Å². The quantitative estimate of drug-likeness (QED) is 0.400. The van der Waals surface area contributed by atoms with Gasteiger partial charge in [-0.1, -0.05) is 12.1 Å². The largest absolute Gasteiger partial charge is 0.497 e. The third-order valence-corrected chi connectivity index (χ3v) is 5.45. The van der Waals surface area contributed by atoms with Crippen LogP contribution in [0.4, 0.5) is 5.69 Å². The molecule has 0 saturated heterocycles. The number of aromatic amines is 1. The SMILES string of the molecule is CNC1=C(c2nc3ccccc3[nH]2)C(=O)[C@@H](CNC(=O)CO)N1c1cc(OC)cc(OC)c1. The number of carbonyl (C=O) groups excluding carboxylic acids is 2. The van der Waals surface area contributed by atoms with Crippen LogP contribution < -0.4 is 25.0 Å². The van der Waals surface area contributed by atoms with Crippen molar-refractivity contribution in [3.63, 3.8) is 0 Å². The fraction of sp³-hybridized carbons (Fsp3) is 0.261. The van der Waals surface area contributed by atoms with E-state index in [-0.39, 0.29) is 12.3 Å². The molecule has 0 bridgehead atoms. The number of rotatable bonds is 8. The Morgan fingerprint density at radius 3 is 2.48 bits per heavy atom. The summed E-state index contributed by atoms with van der Waals surface area (Å²) in [5, 5.41) is 14.9. The first-order valence-electron chi connectivity index (χ1n) is 10.3. The minimum Gasteiger partial charge on any atom is -0.497 e. The van der Waals surface area contributed by atoms with Crippen molar-refractivity contribution >= 4 is 34.0 Å². The molecule has 2 heterocycles. The fourth-order valence-corrected chi connectivity index (χ4v) is 3.91. The molecular formula is C23H25N5O5. The molecule has 1 aromatic heterocycles. The number of hydrogen-bond acceptors (Lipinski definition) is 8. The average molecular weight is 451 g/mol. The molecule has 0 aliphatic carbocycles. The van der Waals surface area contributed by atoms with Gasteiger partial charge in [0, 0.05) is 31.8 Å². The van der Waals surface area contributed by atoms with Crippen LogP contribution in [0.2, 0.25) is 0 Å². The third kappa shape index (κ3) is 4.08. The normalized spacial score (nSPS) is 15.8. The van der Waals surface area contributed by atoms with Gasteiger partial charge in [-0.2, -0.15) is 0 Å². The highest BCUT2D eigenvalue weighted by Gasteiger charge is 2.42. The molecule has 0 spiro atoms. The number of nitrogens with one attached hydrogen (secondary N) is 3. The first kappa shape index (κ1) is 22.2. The van der Waals surface area contributed by atoms with Gasteiger partial charge in [0.2, 0.25) is 5.91 Å². The number of aromatic nitrogens is 2. The van der Waals surface area contributed by atoms with Crippen LogP contribution >= 0.6 is 0 Å². The monoisotopic (exact) mass is 451 g/mol. The summed E-state index contributed by atoms with van der Waals surface area (Å²) in [7, 11) is 4.80. The van der Waals surface area contributed by atoms with E-state index in [1.807, 2.05) is 24.3 Å². The summed E-state index contributed by atoms with van der Waals surface area (Å²) in [4.78, 5) is 35.0. The lowest BCUT2D eigenvalue weighted by molar-refractivity contribution is -0.124. The van der Waals surface area contributed by atoms with E-state index in [1.54, 1.807) is 44.4 Å². The van der Waals surface area contributed by atoms with Crippen molar-refractivity contribution in [3.8, 4) is 11.5 Å². The Morgan fingerprint density at radius 1 is 1.18 bits per heavy atom. The van der Waals surface area contributed by atoms with Crippen LogP contribution in [0.3, 0.4) is 0 Å². The van der Waals surface area contributed by atoms with Crippen molar-refractivity contribution in [2.24, 2.45) is 0 Å². The van der Waals surface area contributed by atoms with E-state index in [0.717, 1.165) is 11.0 Å². The fourth-order valence-electron chi connectivity index (χ4n) is 3.91. The van der Waals surface area contributed by atoms with Gasteiger partial charge in [-0.15, -0.1) is 0 Å². The topological polar surface area (TPSA) is 129 Å². The Labute approximate surface area is 190 Å². The number of hydrogen-bond donors (Lipinski definition) is 4. The van der Waals surface area contributed by atoms with Gasteiger partial charge in [0.1, 0.15) is 41.4 Å². The summed E-state index contributed by atoms with van der Waals surface area (Å²) >= 11 is 0. The lowest BCUT2D eigenvalue weighted by Crippen LogP contribution is -2.46. The molecule has 10 nitrogen and oxygen atoms in total. The van der Waals surface area contributed by atoms with Crippen molar-refractivity contribution in [2.45, 2.75) is 6.04 Å². The van der Waals surface area contributed by atoms with Crippen LogP contribution in [0.25, 0.3) is 16.6 Å². The Balaban J connectivity index is 1.86. The van der Waals surface area contributed by atoms with E-state index in [2.05, 4.69) is 20.6 Å². The number of para-hydroxylation sites is 2. The van der Waals surface area contributed by atoms with Gasteiger partial charge >= 0.3 is 0 Å². The molecule has 0 radical (unpaired) electrons. The van der Waals surface area contributed by atoms with E-state index in [1.165, 1.54) is 0 Å². The molecule has 0 unspecified atom stereocenters. The van der Waals surface area contributed by atoms with E-state index in [0.29, 0.717) is 34.4 Å². The smallest absolute Gasteiger partial charge is 0.245 e. The summed E-state index contributed by atoms with van der Waals surface area (Å²) in [6.07, 6.45) is 0. The number of nitrogens with zero attached hydrogens (tertiary/aromatic N) is 2. The molecule has 4 N–H and O–H groups in total. The Morgan fingerprint density at radius 2 is 1.88 bits per heavy atom. The Bertz CT molecular complexity index is 1180. The van der Waals surface area contributed by atoms with Gasteiger partial charge in [0.05, 0.1) is 30.9 Å². The summed E-state index contributed by atoms with van der Waals surface area (Å²) in [5.41, 5.74) is 2.52. The van der Waals surface area contributed by atoms with E-state index in [9.17, 15) is 9.59 Å². The molecule has 33 heavy (non-hydrogen) atoms. The zero-order valence-corrected chi connectivity index (χ0v) is 18.5. The van der Waals surface area contributed by atoms with Crippen LogP contribution in [0.1, 0.15) is 5.82 Å². The van der Waals surface area contributed by atoms with Gasteiger partial charge in [-0.05, 0) is 12.1 Å². The number of Topliss-reactive ketones (excluding diaryl/α,β-unsaturated/α-hetero) is 1. The Kier molecular flexibility index (Phi) is 6.18. The number of methoxy groups -OCH3 is 2. The number of benzene rings is 2. The lowest BCUT2D eigenvalue weighted by atomic mass is 10.1. The third-order valence-electron chi connectivity index (χ3n) is 5.45. The molecule has 1 amide bonds. The number of carbonyl (C=O) groups is 2. The number of H-pyrrole nitrogens is 1. The zero-order chi connectivity index (χ0) is 23.5. The summed E-state index contributed by atoms with van der Waals surface area (Å²) in [5.74, 6) is 1.21. The van der Waals surface area contributed by atoms with Crippen molar-refractivity contribution in [1.82, 2.24) is 20.6 Å². The molecule has 3 aromatic rings. The summed E-state index contributed by atoms with van der Waals surface area (Å²) < 4.78 is 10.8. The molecule has 2 aromatic carbocycles. The van der Waals surface area contributed by atoms with Crippen molar-refractivity contribution < 1.29 is 24.2 Å². The summed E-state index contributed by atoms with van der Waals surface area (Å²) in [6, 6.07) is 12.0. The van der Waals surface area contributed by atoms with Crippen LogP contribution in [-0.2, 0) is 9.59 Å². The molecule has 172 valence electrons. The van der Waals surface area contributed by atoms with Crippen LogP contribution in [0.15, 0.2) is 48.3 Å². The zero-order valence-electron chi connectivity index (χ0n) is 18.5. The summed E-state index contributed by atoms with van der Waals surface area (Å²) in [6.45, 7) is -0.691. The minimum absolute atomic E-state index is 0.0212. The first-order valence-corrected chi connectivity index (χ1v) is 10.3. The Hall–Kier alpha value is -4.05. The molecule has 10 heteroatoms. The van der Waals surface area contributed by atoms with Gasteiger partial charge in [0.25, 0.3) is 0 Å². The second-order valence-corrected chi connectivity index (χ2v) is 7.36. The van der Waals surface area contributed by atoms with E-state index < -0.39 is 18.6 Å². The van der Waals surface area contributed by atoms with Crippen LogP contribution in [-0.4, -0.2) is 67.2 Å². The van der Waals surface area contributed by atoms with Crippen molar-refractivity contribution in [3.05, 3.63) is 54.1 Å². The number of aliphatic hydroxyl groups is 1. The first-order chi connectivity index (χ1) is 16.0. The second kappa shape index (κ2) is 9.21. The predicted molar refractivity (Wildman–Crippen MR) is 123 cm³/mol. The van der Waals surface area contributed by atoms with Gasteiger partial charge in [-0.3, -0.25) is 9.59 Å². The lowest BCUT2D eigenvalue weighted by Gasteiger charge is -2.29. The molecule has 1 atom stereocenters. The minimum atomic E-state index is -0.789. The highest BCUT2D eigenvalue weighted by molar-refractivity contribution is 6.28. The molecular weight excluding hydrogens is 426 g/mol. The number of anilines is 1. The predicted octanol–water partition coefficient (Wildman–Crippen LogP) is 1.03. The number of ketones is 1. The van der Waals surface area contributed by atoms with E-state index >= 15 is 0 Å². The number of ether oxygens (including phenoxy) is 2. The van der Waals surface area contributed by atoms with Crippen molar-refractivity contribution in [2.75, 3.05) is 39.3 Å². The standard InChI is InChI=1S/C23H25N5O5/c1-24-23-20(22-26-16-6-4-5-7-17(16)27-22)21(31)18(11-25-19(30)12-29)28(23)13-8-14(32-2)10-15(9-13)33-3/h4-10,18,24,29H,11-12H2,1-3H3,(H,25,30)(H,26,27)/t18-/m1/s1. The maximum Gasteiger partial charge on any atom is 0.245 e. The van der Waals surface area contributed by atoms with Crippen LogP contribution in [0.5, 0.6) is 11.5 Å². The number of amides is 1. The van der Waals surface area contributed by atoms with Gasteiger partial charge < -0.3 is 35.1 Å².